The van der Waals surface area contributed by atoms with Crippen molar-refractivity contribution in [2.24, 2.45) is 0 Å². The molecule has 1 aliphatic carbocycles. The minimum absolute atomic E-state index is 0.0229. The first-order valence-electron chi connectivity index (χ1n) is 7.43. The topological polar surface area (TPSA) is 49.8 Å². The zero-order valence-electron chi connectivity index (χ0n) is 12.1. The van der Waals surface area contributed by atoms with Crippen molar-refractivity contribution in [2.75, 3.05) is 13.7 Å². The maximum absolute atomic E-state index is 14.3. The van der Waals surface area contributed by atoms with Crippen LogP contribution in [0.4, 0.5) is 4.39 Å². The molecule has 1 amide bonds. The summed E-state index contributed by atoms with van der Waals surface area (Å²) in [7, 11) is 1.38. The van der Waals surface area contributed by atoms with E-state index in [4.69, 9.17) is 4.74 Å². The van der Waals surface area contributed by atoms with Crippen LogP contribution in [0.5, 0.6) is 5.75 Å². The van der Waals surface area contributed by atoms with Crippen LogP contribution in [0.1, 0.15) is 42.5 Å². The number of rotatable bonds is 2. The lowest BCUT2D eigenvalue weighted by molar-refractivity contribution is 0.0148. The van der Waals surface area contributed by atoms with Crippen LogP contribution in [-0.2, 0) is 0 Å². The highest BCUT2D eigenvalue weighted by atomic mass is 19.1. The van der Waals surface area contributed by atoms with Crippen LogP contribution in [-0.4, -0.2) is 41.2 Å². The molecule has 2 aliphatic rings. The maximum Gasteiger partial charge on any atom is 0.257 e. The van der Waals surface area contributed by atoms with Gasteiger partial charge in [-0.15, -0.1) is 0 Å². The van der Waals surface area contributed by atoms with Crippen LogP contribution in [0.25, 0.3) is 0 Å². The zero-order valence-corrected chi connectivity index (χ0v) is 12.1. The Morgan fingerprint density at radius 3 is 2.86 bits per heavy atom. The Morgan fingerprint density at radius 2 is 2.19 bits per heavy atom. The van der Waals surface area contributed by atoms with E-state index in [1.54, 1.807) is 11.0 Å². The fourth-order valence-electron chi connectivity index (χ4n) is 3.83. The predicted molar refractivity (Wildman–Crippen MR) is 75.8 cm³/mol. The number of benzene rings is 1. The number of halogens is 1. The molecule has 1 aromatic carbocycles. The molecule has 114 valence electrons. The van der Waals surface area contributed by atoms with Gasteiger partial charge in [0, 0.05) is 6.54 Å². The average molecular weight is 293 g/mol. The van der Waals surface area contributed by atoms with Gasteiger partial charge in [0.05, 0.1) is 24.3 Å². The van der Waals surface area contributed by atoms with Gasteiger partial charge in [-0.1, -0.05) is 6.07 Å². The smallest absolute Gasteiger partial charge is 0.257 e. The van der Waals surface area contributed by atoms with Gasteiger partial charge >= 0.3 is 0 Å². The molecule has 1 saturated heterocycles. The first kappa shape index (κ1) is 14.3. The van der Waals surface area contributed by atoms with Gasteiger partial charge in [0.1, 0.15) is 0 Å². The number of hydrogen-bond acceptors (Lipinski definition) is 3. The van der Waals surface area contributed by atoms with Crippen LogP contribution < -0.4 is 4.74 Å². The van der Waals surface area contributed by atoms with Gasteiger partial charge in [0.2, 0.25) is 0 Å². The molecule has 2 atom stereocenters. The van der Waals surface area contributed by atoms with Crippen LogP contribution in [0.15, 0.2) is 18.2 Å². The first-order chi connectivity index (χ1) is 10.1. The van der Waals surface area contributed by atoms with Crippen molar-refractivity contribution in [3.8, 4) is 5.75 Å². The van der Waals surface area contributed by atoms with E-state index in [-0.39, 0.29) is 17.2 Å². The molecule has 0 bridgehead atoms. The third-order valence-electron chi connectivity index (χ3n) is 4.90. The number of amides is 1. The SMILES string of the molecule is COc1cccc(C(=O)N2CCC[C@@]23CCC[C@H]3O)c1F. The van der Waals surface area contributed by atoms with Gasteiger partial charge in [-0.25, -0.2) is 4.39 Å². The molecular weight excluding hydrogens is 273 g/mol. The fourth-order valence-corrected chi connectivity index (χ4v) is 3.83. The molecule has 0 unspecified atom stereocenters. The van der Waals surface area contributed by atoms with Crippen molar-refractivity contribution in [1.29, 1.82) is 0 Å². The number of hydrogen-bond donors (Lipinski definition) is 1. The molecule has 1 aromatic rings. The zero-order chi connectivity index (χ0) is 15.0. The van der Waals surface area contributed by atoms with E-state index >= 15 is 0 Å². The highest BCUT2D eigenvalue weighted by Gasteiger charge is 2.51. The molecule has 1 saturated carbocycles. The van der Waals surface area contributed by atoms with Crippen molar-refractivity contribution in [3.63, 3.8) is 0 Å². The minimum atomic E-state index is -0.625. The Morgan fingerprint density at radius 1 is 1.43 bits per heavy atom. The van der Waals surface area contributed by atoms with E-state index in [0.29, 0.717) is 13.0 Å². The number of ether oxygens (including phenoxy) is 1. The summed E-state index contributed by atoms with van der Waals surface area (Å²) < 4.78 is 19.3. The predicted octanol–water partition coefficient (Wildman–Crippen LogP) is 2.35. The quantitative estimate of drug-likeness (QED) is 0.910. The number of carbonyl (C=O) groups excluding carboxylic acids is 1. The van der Waals surface area contributed by atoms with E-state index in [1.165, 1.54) is 19.2 Å². The van der Waals surface area contributed by atoms with Gasteiger partial charge < -0.3 is 14.7 Å². The van der Waals surface area contributed by atoms with Crippen molar-refractivity contribution >= 4 is 5.91 Å². The molecule has 1 spiro atoms. The number of aliphatic hydroxyl groups is 1. The van der Waals surface area contributed by atoms with Crippen molar-refractivity contribution in [1.82, 2.24) is 4.90 Å². The van der Waals surface area contributed by atoms with Gasteiger partial charge in [0.25, 0.3) is 5.91 Å². The molecule has 1 N–H and O–H groups in total. The summed E-state index contributed by atoms with van der Waals surface area (Å²) >= 11 is 0. The standard InChI is InChI=1S/C16H20FNO3/c1-21-12-6-2-5-11(14(12)17)15(20)18-10-4-9-16(18)8-3-7-13(16)19/h2,5-6,13,19H,3-4,7-10H2,1H3/t13-,16-/m1/s1. The van der Waals surface area contributed by atoms with Crippen LogP contribution in [0, 0.1) is 5.82 Å². The van der Waals surface area contributed by atoms with Crippen molar-refractivity contribution < 1.29 is 19.0 Å². The van der Waals surface area contributed by atoms with Gasteiger partial charge in [-0.2, -0.15) is 0 Å². The Balaban J connectivity index is 1.95. The average Bonchev–Trinajstić information content (AvgIpc) is 3.07. The third-order valence-corrected chi connectivity index (χ3v) is 4.90. The second-order valence-electron chi connectivity index (χ2n) is 5.89. The summed E-state index contributed by atoms with van der Waals surface area (Å²) in [4.78, 5) is 14.4. The lowest BCUT2D eigenvalue weighted by Gasteiger charge is -2.38. The van der Waals surface area contributed by atoms with E-state index < -0.39 is 17.5 Å². The molecule has 2 fully saturated rings. The molecule has 4 nitrogen and oxygen atoms in total. The van der Waals surface area contributed by atoms with Gasteiger partial charge in [-0.3, -0.25) is 4.79 Å². The van der Waals surface area contributed by atoms with Gasteiger partial charge in [0.15, 0.2) is 11.6 Å². The van der Waals surface area contributed by atoms with E-state index in [9.17, 15) is 14.3 Å². The minimum Gasteiger partial charge on any atom is -0.494 e. The molecule has 1 aliphatic heterocycles. The number of likely N-dealkylation sites (tertiary alicyclic amines) is 1. The Labute approximate surface area is 123 Å². The third kappa shape index (κ3) is 2.11. The van der Waals surface area contributed by atoms with Crippen LogP contribution in [0.3, 0.4) is 0 Å². The monoisotopic (exact) mass is 293 g/mol. The van der Waals surface area contributed by atoms with Crippen LogP contribution in [0.2, 0.25) is 0 Å². The molecule has 0 aromatic heterocycles. The molecule has 0 radical (unpaired) electrons. The second kappa shape index (κ2) is 5.30. The Bertz CT molecular complexity index is 558. The van der Waals surface area contributed by atoms with E-state index in [2.05, 4.69) is 0 Å². The number of nitrogens with zero attached hydrogens (tertiary/aromatic N) is 1. The summed E-state index contributed by atoms with van der Waals surface area (Å²) in [6.45, 7) is 0.576. The highest BCUT2D eigenvalue weighted by molar-refractivity contribution is 5.95. The Kier molecular flexibility index (Phi) is 3.61. The number of carbonyl (C=O) groups is 1. The van der Waals surface area contributed by atoms with Crippen molar-refractivity contribution in [3.05, 3.63) is 29.6 Å². The number of methoxy groups -OCH3 is 1. The lowest BCUT2D eigenvalue weighted by atomic mass is 9.91. The highest BCUT2D eigenvalue weighted by Crippen LogP contribution is 2.44. The largest absolute Gasteiger partial charge is 0.494 e. The molecule has 3 rings (SSSR count). The number of aliphatic hydroxyl groups excluding tert-OH is 1. The molecular formula is C16H20FNO3. The summed E-state index contributed by atoms with van der Waals surface area (Å²) in [6, 6.07) is 4.59. The van der Waals surface area contributed by atoms with Crippen molar-refractivity contribution in [2.45, 2.75) is 43.7 Å². The first-order valence-corrected chi connectivity index (χ1v) is 7.43. The van der Waals surface area contributed by atoms with Crippen LogP contribution >= 0.6 is 0 Å². The second-order valence-corrected chi connectivity index (χ2v) is 5.89. The van der Waals surface area contributed by atoms with E-state index in [0.717, 1.165) is 25.7 Å². The van der Waals surface area contributed by atoms with Gasteiger partial charge in [-0.05, 0) is 44.2 Å². The summed E-state index contributed by atoms with van der Waals surface area (Å²) in [5, 5.41) is 10.3. The summed E-state index contributed by atoms with van der Waals surface area (Å²) in [5.74, 6) is -0.898. The molecule has 21 heavy (non-hydrogen) atoms. The van der Waals surface area contributed by atoms with E-state index in [1.807, 2.05) is 0 Å². The summed E-state index contributed by atoms with van der Waals surface area (Å²) in [5.41, 5.74) is -0.471. The Hall–Kier alpha value is -1.62. The molecule has 1 heterocycles. The lowest BCUT2D eigenvalue weighted by Crippen LogP contribution is -2.52. The fraction of sp³-hybridized carbons (Fsp3) is 0.562. The summed E-state index contributed by atoms with van der Waals surface area (Å²) in [6.07, 6.45) is 3.57. The normalized spacial score (nSPS) is 28.3. The molecule has 5 heteroatoms. The maximum atomic E-state index is 14.3.